The SMILES string of the molecule is N#CC1(Sc2ccccc2Cl)CC2(CCOCC2)C1. The lowest BCUT2D eigenvalue weighted by Gasteiger charge is -2.54. The highest BCUT2D eigenvalue weighted by Crippen LogP contribution is 2.61. The predicted molar refractivity (Wildman–Crippen MR) is 77.4 cm³/mol. The summed E-state index contributed by atoms with van der Waals surface area (Å²) < 4.78 is 5.14. The van der Waals surface area contributed by atoms with E-state index in [4.69, 9.17) is 16.3 Å². The van der Waals surface area contributed by atoms with Gasteiger partial charge in [0, 0.05) is 18.1 Å². The third kappa shape index (κ3) is 2.50. The Morgan fingerprint density at radius 3 is 2.53 bits per heavy atom. The van der Waals surface area contributed by atoms with Crippen LogP contribution in [0.3, 0.4) is 0 Å². The smallest absolute Gasteiger partial charge is 0.108 e. The van der Waals surface area contributed by atoms with E-state index in [1.165, 1.54) is 0 Å². The fraction of sp³-hybridized carbons (Fsp3) is 0.533. The molecule has 19 heavy (non-hydrogen) atoms. The van der Waals surface area contributed by atoms with Gasteiger partial charge in [0.2, 0.25) is 0 Å². The summed E-state index contributed by atoms with van der Waals surface area (Å²) in [6, 6.07) is 10.3. The number of nitriles is 1. The molecular weight excluding hydrogens is 278 g/mol. The Kier molecular flexibility index (Phi) is 3.51. The molecule has 4 heteroatoms. The molecule has 0 aromatic heterocycles. The number of rotatable bonds is 2. The Hall–Kier alpha value is -0.690. The maximum Gasteiger partial charge on any atom is 0.108 e. The standard InChI is InChI=1S/C15H16ClNOS/c16-12-3-1-2-4-13(12)19-15(11-17)9-14(10-15)5-7-18-8-6-14/h1-4H,5-10H2. The van der Waals surface area contributed by atoms with Gasteiger partial charge in [0.25, 0.3) is 0 Å². The number of hydrogen-bond donors (Lipinski definition) is 0. The highest BCUT2D eigenvalue weighted by atomic mass is 35.5. The third-order valence-electron chi connectivity index (χ3n) is 4.22. The lowest BCUT2D eigenvalue weighted by Crippen LogP contribution is -2.51. The number of thioether (sulfide) groups is 1. The summed E-state index contributed by atoms with van der Waals surface area (Å²) in [5.74, 6) is 0. The monoisotopic (exact) mass is 293 g/mol. The van der Waals surface area contributed by atoms with Crippen molar-refractivity contribution < 1.29 is 4.74 Å². The van der Waals surface area contributed by atoms with Crippen molar-refractivity contribution in [2.45, 2.75) is 35.3 Å². The lowest BCUT2D eigenvalue weighted by molar-refractivity contribution is -0.0364. The van der Waals surface area contributed by atoms with Gasteiger partial charge in [-0.15, -0.1) is 11.8 Å². The average molecular weight is 294 g/mol. The van der Waals surface area contributed by atoms with Gasteiger partial charge >= 0.3 is 0 Å². The van der Waals surface area contributed by atoms with Crippen LogP contribution >= 0.6 is 23.4 Å². The summed E-state index contributed by atoms with van der Waals surface area (Å²) in [6.45, 7) is 1.69. The van der Waals surface area contributed by atoms with Crippen LogP contribution in [0.15, 0.2) is 29.2 Å². The zero-order valence-electron chi connectivity index (χ0n) is 10.7. The van der Waals surface area contributed by atoms with Crippen LogP contribution in [0.25, 0.3) is 0 Å². The number of hydrogen-bond acceptors (Lipinski definition) is 3. The van der Waals surface area contributed by atoms with Gasteiger partial charge < -0.3 is 4.74 Å². The molecule has 2 nitrogen and oxygen atoms in total. The maximum atomic E-state index is 9.56. The molecule has 0 amide bonds. The number of benzene rings is 1. The van der Waals surface area contributed by atoms with Gasteiger partial charge in [-0.05, 0) is 43.2 Å². The summed E-state index contributed by atoms with van der Waals surface area (Å²) >= 11 is 7.83. The molecule has 0 bridgehead atoms. The van der Waals surface area contributed by atoms with E-state index in [0.29, 0.717) is 5.41 Å². The fourth-order valence-electron chi connectivity index (χ4n) is 3.23. The fourth-order valence-corrected chi connectivity index (χ4v) is 5.02. The third-order valence-corrected chi connectivity index (χ3v) is 6.01. The van der Waals surface area contributed by atoms with Crippen molar-refractivity contribution in [1.82, 2.24) is 0 Å². The largest absolute Gasteiger partial charge is 0.381 e. The molecule has 100 valence electrons. The minimum absolute atomic E-state index is 0.289. The molecule has 1 heterocycles. The van der Waals surface area contributed by atoms with E-state index < -0.39 is 0 Å². The molecule has 2 aliphatic rings. The van der Waals surface area contributed by atoms with E-state index in [9.17, 15) is 5.26 Å². The second-order valence-corrected chi connectivity index (χ2v) is 7.44. The first-order chi connectivity index (χ1) is 9.17. The molecule has 1 aliphatic carbocycles. The van der Waals surface area contributed by atoms with Crippen molar-refractivity contribution in [3.8, 4) is 6.07 Å². The van der Waals surface area contributed by atoms with E-state index >= 15 is 0 Å². The van der Waals surface area contributed by atoms with E-state index in [1.54, 1.807) is 11.8 Å². The van der Waals surface area contributed by atoms with Crippen LogP contribution in [-0.2, 0) is 4.74 Å². The van der Waals surface area contributed by atoms with Crippen LogP contribution in [0.2, 0.25) is 5.02 Å². The minimum atomic E-state index is -0.289. The van der Waals surface area contributed by atoms with Gasteiger partial charge in [0.15, 0.2) is 0 Å². The van der Waals surface area contributed by atoms with Crippen molar-refractivity contribution in [2.24, 2.45) is 5.41 Å². The molecule has 3 rings (SSSR count). The molecular formula is C15H16ClNOS. The zero-order valence-corrected chi connectivity index (χ0v) is 12.3. The quantitative estimate of drug-likeness (QED) is 0.816. The summed E-state index contributed by atoms with van der Waals surface area (Å²) in [7, 11) is 0. The lowest BCUT2D eigenvalue weighted by atomic mass is 9.58. The van der Waals surface area contributed by atoms with Crippen molar-refractivity contribution in [2.75, 3.05) is 13.2 Å². The van der Waals surface area contributed by atoms with Gasteiger partial charge in [0.1, 0.15) is 4.75 Å². The molecule has 1 aliphatic heterocycles. The topological polar surface area (TPSA) is 33.0 Å². The normalized spacial score (nSPS) is 23.6. The Morgan fingerprint density at radius 1 is 1.21 bits per heavy atom. The van der Waals surface area contributed by atoms with E-state index in [-0.39, 0.29) is 4.75 Å². The highest BCUT2D eigenvalue weighted by Gasteiger charge is 2.55. The Bertz CT molecular complexity index is 511. The van der Waals surface area contributed by atoms with Crippen molar-refractivity contribution >= 4 is 23.4 Å². The molecule has 0 atom stereocenters. The number of halogens is 1. The van der Waals surface area contributed by atoms with Gasteiger partial charge in [0.05, 0.1) is 11.1 Å². The zero-order chi connectivity index (χ0) is 13.3. The van der Waals surface area contributed by atoms with E-state index in [2.05, 4.69) is 6.07 Å². The van der Waals surface area contributed by atoms with Gasteiger partial charge in [-0.2, -0.15) is 5.26 Å². The Morgan fingerprint density at radius 2 is 1.89 bits per heavy atom. The van der Waals surface area contributed by atoms with Crippen LogP contribution in [0.5, 0.6) is 0 Å². The van der Waals surface area contributed by atoms with Gasteiger partial charge in [-0.3, -0.25) is 0 Å². The van der Waals surface area contributed by atoms with Crippen LogP contribution in [0.1, 0.15) is 25.7 Å². The molecule has 2 fully saturated rings. The molecule has 1 saturated heterocycles. The second kappa shape index (κ2) is 5.01. The van der Waals surface area contributed by atoms with Crippen LogP contribution < -0.4 is 0 Å². The minimum Gasteiger partial charge on any atom is -0.381 e. The number of ether oxygens (including phenoxy) is 1. The Balaban J connectivity index is 1.73. The maximum absolute atomic E-state index is 9.56. The van der Waals surface area contributed by atoms with Gasteiger partial charge in [-0.1, -0.05) is 23.7 Å². The molecule has 0 unspecified atom stereocenters. The molecule has 1 spiro atoms. The van der Waals surface area contributed by atoms with Crippen LogP contribution in [0, 0.1) is 16.7 Å². The summed E-state index contributed by atoms with van der Waals surface area (Å²) in [5, 5.41) is 10.3. The van der Waals surface area contributed by atoms with Gasteiger partial charge in [-0.25, -0.2) is 0 Å². The first-order valence-corrected chi connectivity index (χ1v) is 7.79. The second-order valence-electron chi connectivity index (χ2n) is 5.60. The number of nitrogens with zero attached hydrogens (tertiary/aromatic N) is 1. The molecule has 1 saturated carbocycles. The highest BCUT2D eigenvalue weighted by molar-refractivity contribution is 8.01. The van der Waals surface area contributed by atoms with Crippen LogP contribution in [0.4, 0.5) is 0 Å². The van der Waals surface area contributed by atoms with Crippen LogP contribution in [-0.4, -0.2) is 18.0 Å². The van der Waals surface area contributed by atoms with E-state index in [1.807, 2.05) is 24.3 Å². The first kappa shape index (κ1) is 13.3. The van der Waals surface area contributed by atoms with Crippen molar-refractivity contribution in [3.05, 3.63) is 29.3 Å². The van der Waals surface area contributed by atoms with Crippen molar-refractivity contribution in [3.63, 3.8) is 0 Å². The summed E-state index contributed by atoms with van der Waals surface area (Å²) in [6.07, 6.45) is 4.13. The summed E-state index contributed by atoms with van der Waals surface area (Å²) in [4.78, 5) is 1.02. The molecule has 0 radical (unpaired) electrons. The predicted octanol–water partition coefficient (Wildman–Crippen LogP) is 4.29. The molecule has 1 aromatic carbocycles. The molecule has 0 N–H and O–H groups in total. The Labute approximate surface area is 123 Å². The summed E-state index contributed by atoms with van der Waals surface area (Å²) in [5.41, 5.74) is 0.349. The van der Waals surface area contributed by atoms with Crippen molar-refractivity contribution in [1.29, 1.82) is 5.26 Å². The first-order valence-electron chi connectivity index (χ1n) is 6.60. The van der Waals surface area contributed by atoms with E-state index in [0.717, 1.165) is 48.8 Å². The average Bonchev–Trinajstić information content (AvgIpc) is 2.40. The molecule has 1 aromatic rings.